The van der Waals surface area contributed by atoms with Gasteiger partial charge in [0.2, 0.25) is 7.41 Å². The summed E-state index contributed by atoms with van der Waals surface area (Å²) in [5, 5.41) is 6.06. The van der Waals surface area contributed by atoms with Gasteiger partial charge in [-0.2, -0.15) is 0 Å². The molecule has 4 aromatic rings. The summed E-state index contributed by atoms with van der Waals surface area (Å²) in [6.07, 6.45) is 0.388. The van der Waals surface area contributed by atoms with E-state index in [1.807, 2.05) is 30.3 Å². The van der Waals surface area contributed by atoms with Crippen LogP contribution in [0.15, 0.2) is 66.7 Å². The molecule has 3 aromatic carbocycles. The first-order valence-corrected chi connectivity index (χ1v) is 11.8. The van der Waals surface area contributed by atoms with E-state index in [0.29, 0.717) is 43.2 Å². The first kappa shape index (κ1) is 24.8. The van der Waals surface area contributed by atoms with Crippen LogP contribution in [0.2, 0.25) is 20.1 Å². The summed E-state index contributed by atoms with van der Waals surface area (Å²) >= 11 is 25.1. The average Bonchev–Trinajstić information content (AvgIpc) is 2.82. The van der Waals surface area contributed by atoms with Crippen molar-refractivity contribution in [3.05, 3.63) is 92.4 Å². The number of nitrogens with zero attached hydrogens (tertiary/aromatic N) is 1. The smallest absolute Gasteiger partial charge is 0.322 e. The van der Waals surface area contributed by atoms with Crippen LogP contribution >= 0.6 is 46.4 Å². The van der Waals surface area contributed by atoms with Gasteiger partial charge in [0.25, 0.3) is 0 Å². The summed E-state index contributed by atoms with van der Waals surface area (Å²) in [7, 11) is 2.99. The molecule has 1 atom stereocenters. The molecule has 1 radical (unpaired) electrons. The van der Waals surface area contributed by atoms with Crippen LogP contribution in [-0.2, 0) is 16.0 Å². The Morgan fingerprint density at radius 3 is 2.24 bits per heavy atom. The number of rotatable bonds is 7. The number of pyridine rings is 1. The fourth-order valence-electron chi connectivity index (χ4n) is 3.60. The van der Waals surface area contributed by atoms with Crippen molar-refractivity contribution in [1.29, 1.82) is 0 Å². The highest BCUT2D eigenvalue weighted by Crippen LogP contribution is 2.34. The van der Waals surface area contributed by atoms with Gasteiger partial charge in [0.05, 0.1) is 28.4 Å². The molecule has 0 saturated heterocycles. The van der Waals surface area contributed by atoms with E-state index in [0.717, 1.165) is 16.5 Å². The molecule has 0 saturated carbocycles. The van der Waals surface area contributed by atoms with Crippen LogP contribution in [-0.4, -0.2) is 31.5 Å². The second-order valence-corrected chi connectivity index (χ2v) is 9.18. The monoisotopic (exact) mass is 529 g/mol. The third-order valence-electron chi connectivity index (χ3n) is 5.33. The highest BCUT2D eigenvalue weighted by molar-refractivity contribution is 6.61. The molecule has 34 heavy (non-hydrogen) atoms. The first-order valence-electron chi connectivity index (χ1n) is 10.3. The zero-order valence-electron chi connectivity index (χ0n) is 18.0. The van der Waals surface area contributed by atoms with Gasteiger partial charge in [0, 0.05) is 21.0 Å². The second-order valence-electron chi connectivity index (χ2n) is 7.55. The van der Waals surface area contributed by atoms with Crippen LogP contribution in [0.1, 0.15) is 5.56 Å². The summed E-state index contributed by atoms with van der Waals surface area (Å²) < 4.78 is 4.98. The maximum atomic E-state index is 12.4. The number of esters is 1. The molecule has 0 spiro atoms. The molecular weight excluding hydrogens is 513 g/mol. The minimum Gasteiger partial charge on any atom is -0.468 e. The van der Waals surface area contributed by atoms with E-state index in [1.54, 1.807) is 43.8 Å². The van der Waals surface area contributed by atoms with E-state index < -0.39 is 12.0 Å². The normalized spacial score (nSPS) is 11.9. The van der Waals surface area contributed by atoms with Crippen LogP contribution in [0.3, 0.4) is 0 Å². The Labute approximate surface area is 218 Å². The predicted molar refractivity (Wildman–Crippen MR) is 142 cm³/mol. The number of hydrogen-bond donors (Lipinski definition) is 1. The fourth-order valence-corrected chi connectivity index (χ4v) is 4.70. The lowest BCUT2D eigenvalue weighted by atomic mass is 9.81. The molecule has 0 aliphatic rings. The number of carbonyl (C=O) groups excluding carboxylic acids is 1. The van der Waals surface area contributed by atoms with Crippen LogP contribution in [0, 0.1) is 0 Å². The third kappa shape index (κ3) is 5.51. The molecule has 4 rings (SSSR count). The number of aromatic nitrogens is 1. The number of fused-ring (bicyclic) bond motifs is 1. The van der Waals surface area contributed by atoms with E-state index >= 15 is 0 Å². The van der Waals surface area contributed by atoms with Gasteiger partial charge in [-0.05, 0) is 59.9 Å². The van der Waals surface area contributed by atoms with E-state index in [1.165, 1.54) is 7.11 Å². The Hall–Kier alpha value is -2.28. The van der Waals surface area contributed by atoms with Crippen LogP contribution in [0.5, 0.6) is 0 Å². The largest absolute Gasteiger partial charge is 0.468 e. The number of halogens is 4. The van der Waals surface area contributed by atoms with Crippen molar-refractivity contribution in [1.82, 2.24) is 10.2 Å². The van der Waals surface area contributed by atoms with Crippen molar-refractivity contribution in [2.24, 2.45) is 0 Å². The highest BCUT2D eigenvalue weighted by atomic mass is 35.5. The van der Waals surface area contributed by atoms with Gasteiger partial charge in [-0.3, -0.25) is 4.79 Å². The Kier molecular flexibility index (Phi) is 8.02. The fraction of sp³-hybridized carbons (Fsp3) is 0.120. The van der Waals surface area contributed by atoms with E-state index in [9.17, 15) is 4.79 Å². The maximum Gasteiger partial charge on any atom is 0.322 e. The SMILES string of the molecule is COC(=O)C(Cc1ccc2nc(-c3c(Cl)cccc3Cl)ccc2c1)N[B]c1c(Cl)cccc1Cl. The Morgan fingerprint density at radius 1 is 0.941 bits per heavy atom. The lowest BCUT2D eigenvalue weighted by Gasteiger charge is -2.17. The Morgan fingerprint density at radius 2 is 1.59 bits per heavy atom. The number of ether oxygens (including phenoxy) is 1. The third-order valence-corrected chi connectivity index (χ3v) is 6.62. The van der Waals surface area contributed by atoms with E-state index in [4.69, 9.17) is 56.1 Å². The number of hydrogen-bond acceptors (Lipinski definition) is 4. The molecule has 1 aromatic heterocycles. The van der Waals surface area contributed by atoms with Gasteiger partial charge in [0.1, 0.15) is 6.04 Å². The van der Waals surface area contributed by atoms with Crippen molar-refractivity contribution in [2.45, 2.75) is 12.5 Å². The molecule has 0 amide bonds. The quantitative estimate of drug-likeness (QED) is 0.230. The minimum atomic E-state index is -0.635. The van der Waals surface area contributed by atoms with E-state index in [-0.39, 0.29) is 0 Å². The van der Waals surface area contributed by atoms with Crippen LogP contribution < -0.4 is 10.7 Å². The average molecular weight is 531 g/mol. The van der Waals surface area contributed by atoms with Crippen molar-refractivity contribution >= 4 is 76.2 Å². The molecule has 0 bridgehead atoms. The lowest BCUT2D eigenvalue weighted by Crippen LogP contribution is -2.45. The molecule has 0 fully saturated rings. The van der Waals surface area contributed by atoms with Gasteiger partial charge in [-0.1, -0.05) is 70.7 Å². The Bertz CT molecular complexity index is 1330. The zero-order valence-corrected chi connectivity index (χ0v) is 21.0. The van der Waals surface area contributed by atoms with Gasteiger partial charge >= 0.3 is 5.97 Å². The summed E-state index contributed by atoms with van der Waals surface area (Å²) in [4.78, 5) is 17.2. The first-order chi connectivity index (χ1) is 16.4. The molecule has 0 aliphatic carbocycles. The van der Waals surface area contributed by atoms with Gasteiger partial charge in [-0.25, -0.2) is 4.98 Å². The number of nitrogens with one attached hydrogen (secondary N) is 1. The van der Waals surface area contributed by atoms with Crippen molar-refractivity contribution < 1.29 is 9.53 Å². The molecule has 171 valence electrons. The van der Waals surface area contributed by atoms with Crippen LogP contribution in [0.4, 0.5) is 0 Å². The van der Waals surface area contributed by atoms with Gasteiger partial charge in [0.15, 0.2) is 0 Å². The molecule has 9 heteroatoms. The van der Waals surface area contributed by atoms with Crippen molar-refractivity contribution in [3.8, 4) is 11.3 Å². The molecular formula is C25H18BCl4N2O2. The molecule has 4 nitrogen and oxygen atoms in total. The minimum absolute atomic E-state index is 0.388. The number of carbonyl (C=O) groups is 1. The zero-order chi connectivity index (χ0) is 24.2. The molecule has 1 unspecified atom stereocenters. The van der Waals surface area contributed by atoms with Gasteiger partial charge < -0.3 is 9.96 Å². The van der Waals surface area contributed by atoms with E-state index in [2.05, 4.69) is 5.23 Å². The van der Waals surface area contributed by atoms with Crippen LogP contribution in [0.25, 0.3) is 22.2 Å². The maximum absolute atomic E-state index is 12.4. The predicted octanol–water partition coefficient (Wildman–Crippen LogP) is 6.13. The number of benzene rings is 3. The van der Waals surface area contributed by atoms with Crippen molar-refractivity contribution in [2.75, 3.05) is 7.11 Å². The second kappa shape index (κ2) is 11.0. The number of methoxy groups -OCH3 is 1. The van der Waals surface area contributed by atoms with Gasteiger partial charge in [-0.15, -0.1) is 0 Å². The summed E-state index contributed by atoms with van der Waals surface area (Å²) in [5.74, 6) is -0.402. The summed E-state index contributed by atoms with van der Waals surface area (Å²) in [6, 6.07) is 19.6. The highest BCUT2D eigenvalue weighted by Gasteiger charge is 2.21. The Balaban J connectivity index is 1.57. The molecule has 0 aliphatic heterocycles. The molecule has 1 N–H and O–H groups in total. The molecule has 1 heterocycles. The van der Waals surface area contributed by atoms with Crippen molar-refractivity contribution in [3.63, 3.8) is 0 Å². The topological polar surface area (TPSA) is 51.2 Å². The summed E-state index contributed by atoms with van der Waals surface area (Å²) in [5.41, 5.74) is 3.71. The standard InChI is InChI=1S/C25H18BCl4N2O2/c1-34-25(33)22(32-26-24-18(29)6-3-7-19(24)30)13-14-8-10-20-15(12-14)9-11-21(31-20)23-16(27)4-2-5-17(23)28/h2-12,22,32H,13H2,1H3. The lowest BCUT2D eigenvalue weighted by molar-refractivity contribution is -0.142. The summed E-state index contributed by atoms with van der Waals surface area (Å²) in [6.45, 7) is 0.